The second-order valence-electron chi connectivity index (χ2n) is 10.5. The SMILES string of the molecule is CC(C)[Si]1(C)O[Si](C)(C)O[Si](C)(C)O[Si](C(C)(C)C)(C(C)(C)C)O1. The zero-order valence-electron chi connectivity index (χ0n) is 18.2. The van der Waals surface area contributed by atoms with Gasteiger partial charge in [-0.05, 0) is 38.3 Å². The van der Waals surface area contributed by atoms with Crippen LogP contribution in [0.4, 0.5) is 0 Å². The fraction of sp³-hybridized carbons (Fsp3) is 1.00. The van der Waals surface area contributed by atoms with E-state index in [0.29, 0.717) is 5.54 Å². The predicted octanol–water partition coefficient (Wildman–Crippen LogP) is 5.99. The minimum Gasteiger partial charge on any atom is -0.416 e. The average molecular weight is 409 g/mol. The van der Waals surface area contributed by atoms with Gasteiger partial charge in [0.25, 0.3) is 0 Å². The fourth-order valence-electron chi connectivity index (χ4n) is 3.77. The molecule has 0 N–H and O–H groups in total. The Balaban J connectivity index is 3.63. The highest BCUT2D eigenvalue weighted by molar-refractivity contribution is 6.95. The maximum absolute atomic E-state index is 7.15. The van der Waals surface area contributed by atoms with Crippen LogP contribution in [0.25, 0.3) is 0 Å². The summed E-state index contributed by atoms with van der Waals surface area (Å²) in [7, 11) is -9.78. The molecule has 0 radical (unpaired) electrons. The quantitative estimate of drug-likeness (QED) is 0.499. The Bertz CT molecular complexity index is 452. The van der Waals surface area contributed by atoms with Crippen LogP contribution in [0.2, 0.25) is 48.4 Å². The molecule has 1 fully saturated rings. The third-order valence-electron chi connectivity index (χ3n) is 4.70. The number of hydrogen-bond donors (Lipinski definition) is 0. The average Bonchev–Trinajstić information content (AvgIpc) is 2.19. The second-order valence-corrected chi connectivity index (χ2v) is 26.8. The summed E-state index contributed by atoms with van der Waals surface area (Å²) >= 11 is 0. The van der Waals surface area contributed by atoms with Crippen molar-refractivity contribution in [3.8, 4) is 0 Å². The van der Waals surface area contributed by atoms with Crippen LogP contribution in [0.15, 0.2) is 0 Å². The van der Waals surface area contributed by atoms with Crippen LogP contribution >= 0.6 is 0 Å². The lowest BCUT2D eigenvalue weighted by molar-refractivity contribution is 0.188. The maximum Gasteiger partial charge on any atom is 0.331 e. The van der Waals surface area contributed by atoms with E-state index in [1.165, 1.54) is 0 Å². The van der Waals surface area contributed by atoms with Gasteiger partial charge < -0.3 is 16.5 Å². The van der Waals surface area contributed by atoms with E-state index in [-0.39, 0.29) is 10.1 Å². The van der Waals surface area contributed by atoms with Gasteiger partial charge in [0, 0.05) is 10.1 Å². The first-order chi connectivity index (χ1) is 10.3. The van der Waals surface area contributed by atoms with Gasteiger partial charge in [0.2, 0.25) is 0 Å². The van der Waals surface area contributed by atoms with Crippen LogP contribution in [0.3, 0.4) is 0 Å². The molecule has 1 aliphatic rings. The predicted molar refractivity (Wildman–Crippen MR) is 111 cm³/mol. The third kappa shape index (κ3) is 4.51. The molecule has 4 nitrogen and oxygen atoms in total. The van der Waals surface area contributed by atoms with Gasteiger partial charge in [0.05, 0.1) is 0 Å². The zero-order chi connectivity index (χ0) is 19.4. The zero-order valence-corrected chi connectivity index (χ0v) is 22.2. The van der Waals surface area contributed by atoms with Crippen LogP contribution in [0.1, 0.15) is 55.4 Å². The first-order valence-corrected chi connectivity index (χ1v) is 18.9. The van der Waals surface area contributed by atoms with E-state index in [2.05, 4.69) is 88.1 Å². The molecule has 0 aromatic rings. The largest absolute Gasteiger partial charge is 0.416 e. The van der Waals surface area contributed by atoms with Crippen molar-refractivity contribution in [1.29, 1.82) is 0 Å². The highest BCUT2D eigenvalue weighted by Crippen LogP contribution is 2.56. The Kier molecular flexibility index (Phi) is 6.07. The first kappa shape index (κ1) is 22.7. The Morgan fingerprint density at radius 1 is 0.583 bits per heavy atom. The summed E-state index contributed by atoms with van der Waals surface area (Å²) in [6.45, 7) is 28.7. The molecule has 1 unspecified atom stereocenters. The summed E-state index contributed by atoms with van der Waals surface area (Å²) in [6, 6.07) is 0. The van der Waals surface area contributed by atoms with Gasteiger partial charge in [-0.15, -0.1) is 0 Å². The van der Waals surface area contributed by atoms with Crippen molar-refractivity contribution < 1.29 is 16.5 Å². The summed E-state index contributed by atoms with van der Waals surface area (Å²) in [5, 5.41) is -0.150. The molecular formula is C16H40O4Si4. The van der Waals surface area contributed by atoms with Crippen molar-refractivity contribution in [2.75, 3.05) is 0 Å². The van der Waals surface area contributed by atoms with E-state index >= 15 is 0 Å². The van der Waals surface area contributed by atoms with Crippen molar-refractivity contribution in [1.82, 2.24) is 0 Å². The molecule has 24 heavy (non-hydrogen) atoms. The van der Waals surface area contributed by atoms with Crippen molar-refractivity contribution in [3.05, 3.63) is 0 Å². The van der Waals surface area contributed by atoms with Crippen LogP contribution < -0.4 is 0 Å². The lowest BCUT2D eigenvalue weighted by Crippen LogP contribution is -2.72. The molecule has 0 spiro atoms. The van der Waals surface area contributed by atoms with Crippen molar-refractivity contribution >= 4 is 34.2 Å². The van der Waals surface area contributed by atoms with Crippen LogP contribution in [-0.2, 0) is 16.5 Å². The molecule has 1 rings (SSSR count). The smallest absolute Gasteiger partial charge is 0.331 e. The molecule has 8 heteroatoms. The third-order valence-corrected chi connectivity index (χ3v) is 24.2. The lowest BCUT2D eigenvalue weighted by Gasteiger charge is -2.58. The van der Waals surface area contributed by atoms with Gasteiger partial charge in [0.1, 0.15) is 0 Å². The van der Waals surface area contributed by atoms with Crippen LogP contribution in [0, 0.1) is 0 Å². The minimum atomic E-state index is -2.67. The Labute approximate surface area is 154 Å². The summed E-state index contributed by atoms with van der Waals surface area (Å²) in [5.74, 6) is 0. The minimum absolute atomic E-state index is 0.0750. The maximum atomic E-state index is 7.15. The highest BCUT2D eigenvalue weighted by Gasteiger charge is 2.66. The van der Waals surface area contributed by atoms with E-state index in [4.69, 9.17) is 16.5 Å². The molecule has 0 aliphatic carbocycles. The molecular weight excluding hydrogens is 369 g/mol. The molecule has 0 bridgehead atoms. The molecule has 1 heterocycles. The van der Waals surface area contributed by atoms with Crippen molar-refractivity contribution in [2.45, 2.75) is 104 Å². The van der Waals surface area contributed by atoms with E-state index < -0.39 is 34.2 Å². The second kappa shape index (κ2) is 6.40. The Hall–Kier alpha value is 0.708. The lowest BCUT2D eigenvalue weighted by atomic mass is 10.2. The number of rotatable bonds is 1. The molecule has 0 amide bonds. The standard InChI is InChI=1S/C16H40O4Si4/c1-14(2)23(13)18-21(9,10)17-22(11,12)19-24(20-23,15(3,4)5)16(6,7)8/h14H,1-13H3. The van der Waals surface area contributed by atoms with Gasteiger partial charge in [-0.25, -0.2) is 0 Å². The molecule has 1 atom stereocenters. The topological polar surface area (TPSA) is 36.9 Å². The summed E-state index contributed by atoms with van der Waals surface area (Å²) in [4.78, 5) is 0. The molecule has 0 aromatic heterocycles. The number of hydrogen-bond acceptors (Lipinski definition) is 4. The monoisotopic (exact) mass is 408 g/mol. The molecule has 144 valence electrons. The van der Waals surface area contributed by atoms with Crippen molar-refractivity contribution in [2.24, 2.45) is 0 Å². The summed E-state index contributed by atoms with van der Waals surface area (Å²) in [6.07, 6.45) is 0. The molecule has 1 aliphatic heterocycles. The first-order valence-electron chi connectivity index (χ1n) is 9.08. The summed E-state index contributed by atoms with van der Waals surface area (Å²) < 4.78 is 27.5. The van der Waals surface area contributed by atoms with Crippen LogP contribution in [0.5, 0.6) is 0 Å². The van der Waals surface area contributed by atoms with Gasteiger partial charge in [0.15, 0.2) is 0 Å². The van der Waals surface area contributed by atoms with E-state index in [1.807, 2.05) is 0 Å². The summed E-state index contributed by atoms with van der Waals surface area (Å²) in [5.41, 5.74) is 0.343. The normalized spacial score (nSPS) is 30.8. The van der Waals surface area contributed by atoms with Gasteiger partial charge in [-0.3, -0.25) is 0 Å². The molecule has 0 aromatic carbocycles. The van der Waals surface area contributed by atoms with Gasteiger partial charge in [-0.2, -0.15) is 0 Å². The highest BCUT2D eigenvalue weighted by atomic mass is 28.5. The van der Waals surface area contributed by atoms with E-state index in [9.17, 15) is 0 Å². The fourth-order valence-corrected chi connectivity index (χ4v) is 28.7. The molecule has 1 saturated heterocycles. The van der Waals surface area contributed by atoms with E-state index in [0.717, 1.165) is 0 Å². The van der Waals surface area contributed by atoms with Crippen molar-refractivity contribution in [3.63, 3.8) is 0 Å². The Morgan fingerprint density at radius 3 is 1.29 bits per heavy atom. The van der Waals surface area contributed by atoms with E-state index in [1.54, 1.807) is 0 Å². The Morgan fingerprint density at radius 2 is 0.958 bits per heavy atom. The van der Waals surface area contributed by atoms with Gasteiger partial charge >= 0.3 is 34.2 Å². The van der Waals surface area contributed by atoms with Gasteiger partial charge in [-0.1, -0.05) is 55.4 Å². The van der Waals surface area contributed by atoms with Crippen LogP contribution in [-0.4, -0.2) is 34.2 Å². The molecule has 0 saturated carbocycles.